The Hall–Kier alpha value is -2.20. The third-order valence-corrected chi connectivity index (χ3v) is 2.60. The predicted octanol–water partition coefficient (Wildman–Crippen LogP) is 1.60. The van der Waals surface area contributed by atoms with Crippen molar-refractivity contribution in [3.63, 3.8) is 0 Å². The van der Waals surface area contributed by atoms with Crippen LogP contribution >= 0.6 is 0 Å². The number of esters is 2. The van der Waals surface area contributed by atoms with Crippen LogP contribution < -0.4 is 0 Å². The zero-order chi connectivity index (χ0) is 14.3. The lowest BCUT2D eigenvalue weighted by Gasteiger charge is -2.12. The molecule has 0 spiro atoms. The van der Waals surface area contributed by atoms with Crippen LogP contribution in [0.1, 0.15) is 33.1 Å². The summed E-state index contributed by atoms with van der Waals surface area (Å²) in [6, 6.07) is 0. The van der Waals surface area contributed by atoms with Crippen LogP contribution in [0.4, 0.5) is 0 Å². The van der Waals surface area contributed by atoms with Crippen LogP contribution in [0.25, 0.3) is 0 Å². The number of carbonyl (C=O) groups excluding carboxylic acids is 2. The summed E-state index contributed by atoms with van der Waals surface area (Å²) in [4.78, 5) is 21.6. The zero-order valence-corrected chi connectivity index (χ0v) is 11.1. The normalized spacial score (nSPS) is 15.0. The molecule has 0 radical (unpaired) electrons. The summed E-state index contributed by atoms with van der Waals surface area (Å²) in [5.74, 6) is 7.39. The van der Waals surface area contributed by atoms with Crippen molar-refractivity contribution in [1.29, 1.82) is 0 Å². The fourth-order valence-corrected chi connectivity index (χ4v) is 1.85. The standard InChI is InChI=1S/C15H16O4/c1-4-15(19-12(3)17)14-9-5-7-13(14)8-6-10-18-11(2)16/h1,15H,5,7,9-10H2,2-3H3. The molecule has 1 aliphatic carbocycles. The minimum atomic E-state index is -0.641. The summed E-state index contributed by atoms with van der Waals surface area (Å²) in [6.45, 7) is 2.71. The van der Waals surface area contributed by atoms with Gasteiger partial charge < -0.3 is 9.47 Å². The minimum Gasteiger partial charge on any atom is -0.453 e. The van der Waals surface area contributed by atoms with Crippen LogP contribution in [0.3, 0.4) is 0 Å². The van der Waals surface area contributed by atoms with Gasteiger partial charge in [0.1, 0.15) is 0 Å². The van der Waals surface area contributed by atoms with E-state index in [0.717, 1.165) is 30.4 Å². The second kappa shape index (κ2) is 7.28. The van der Waals surface area contributed by atoms with Gasteiger partial charge in [-0.25, -0.2) is 0 Å². The molecule has 0 N–H and O–H groups in total. The van der Waals surface area contributed by atoms with Gasteiger partial charge in [-0.2, -0.15) is 0 Å². The quantitative estimate of drug-likeness (QED) is 0.571. The number of hydrogen-bond donors (Lipinski definition) is 0. The van der Waals surface area contributed by atoms with E-state index in [4.69, 9.17) is 15.9 Å². The lowest BCUT2D eigenvalue weighted by molar-refractivity contribution is -0.142. The number of allylic oxidation sites excluding steroid dienone is 1. The average Bonchev–Trinajstić information content (AvgIpc) is 2.79. The molecule has 0 bridgehead atoms. The molecule has 0 heterocycles. The molecule has 0 aliphatic heterocycles. The molecule has 0 saturated heterocycles. The molecule has 1 rings (SSSR count). The Labute approximate surface area is 113 Å². The van der Waals surface area contributed by atoms with E-state index in [1.165, 1.54) is 13.8 Å². The Morgan fingerprint density at radius 3 is 2.63 bits per heavy atom. The fraction of sp³-hybridized carbons (Fsp3) is 0.467. The number of ether oxygens (including phenoxy) is 2. The molecule has 0 aromatic rings. The summed E-state index contributed by atoms with van der Waals surface area (Å²) >= 11 is 0. The Morgan fingerprint density at radius 1 is 1.32 bits per heavy atom. The van der Waals surface area contributed by atoms with Crippen LogP contribution in [0.2, 0.25) is 0 Å². The Balaban J connectivity index is 2.77. The van der Waals surface area contributed by atoms with E-state index >= 15 is 0 Å². The Kier molecular flexibility index (Phi) is 5.70. The first-order valence-corrected chi connectivity index (χ1v) is 6.02. The molecular weight excluding hydrogens is 244 g/mol. The van der Waals surface area contributed by atoms with E-state index in [-0.39, 0.29) is 12.6 Å². The summed E-state index contributed by atoms with van der Waals surface area (Å²) < 4.78 is 9.80. The predicted molar refractivity (Wildman–Crippen MR) is 69.7 cm³/mol. The van der Waals surface area contributed by atoms with Crippen molar-refractivity contribution in [1.82, 2.24) is 0 Å². The highest BCUT2D eigenvalue weighted by molar-refractivity contribution is 5.67. The van der Waals surface area contributed by atoms with Crippen molar-refractivity contribution in [2.75, 3.05) is 6.61 Å². The molecule has 1 unspecified atom stereocenters. The molecule has 0 aromatic heterocycles. The van der Waals surface area contributed by atoms with E-state index in [9.17, 15) is 9.59 Å². The van der Waals surface area contributed by atoms with E-state index < -0.39 is 12.1 Å². The summed E-state index contributed by atoms with van der Waals surface area (Å²) in [5, 5.41) is 0. The van der Waals surface area contributed by atoms with Gasteiger partial charge in [0.25, 0.3) is 0 Å². The topological polar surface area (TPSA) is 52.6 Å². The van der Waals surface area contributed by atoms with Gasteiger partial charge in [-0.1, -0.05) is 17.8 Å². The van der Waals surface area contributed by atoms with Crippen LogP contribution in [0.5, 0.6) is 0 Å². The van der Waals surface area contributed by atoms with Gasteiger partial charge in [0.15, 0.2) is 12.7 Å². The summed E-state index contributed by atoms with van der Waals surface area (Å²) in [6.07, 6.45) is 7.26. The van der Waals surface area contributed by atoms with E-state index in [1.807, 2.05) is 0 Å². The van der Waals surface area contributed by atoms with Crippen LogP contribution in [0.15, 0.2) is 11.1 Å². The smallest absolute Gasteiger partial charge is 0.304 e. The molecule has 0 fully saturated rings. The van der Waals surface area contributed by atoms with Gasteiger partial charge >= 0.3 is 11.9 Å². The molecule has 1 atom stereocenters. The molecular formula is C15H16O4. The third-order valence-electron chi connectivity index (χ3n) is 2.60. The monoisotopic (exact) mass is 260 g/mol. The molecule has 0 aromatic carbocycles. The maximum Gasteiger partial charge on any atom is 0.304 e. The highest BCUT2D eigenvalue weighted by Crippen LogP contribution is 2.29. The van der Waals surface area contributed by atoms with Gasteiger partial charge in [0.05, 0.1) is 0 Å². The van der Waals surface area contributed by atoms with Crippen molar-refractivity contribution >= 4 is 11.9 Å². The van der Waals surface area contributed by atoms with Crippen LogP contribution in [-0.4, -0.2) is 24.6 Å². The SMILES string of the molecule is C#CC(OC(C)=O)C1=C(C#CCOC(C)=O)CCC1. The molecule has 4 heteroatoms. The lowest BCUT2D eigenvalue weighted by Crippen LogP contribution is -2.16. The van der Waals surface area contributed by atoms with Gasteiger partial charge in [0, 0.05) is 19.4 Å². The third kappa shape index (κ3) is 4.89. The summed E-state index contributed by atoms with van der Waals surface area (Å²) in [7, 11) is 0. The number of hydrogen-bond acceptors (Lipinski definition) is 4. The minimum absolute atomic E-state index is 0.0560. The van der Waals surface area contributed by atoms with Gasteiger partial charge in [-0.3, -0.25) is 9.59 Å². The van der Waals surface area contributed by atoms with E-state index in [0.29, 0.717) is 0 Å². The Morgan fingerprint density at radius 2 is 2.05 bits per heavy atom. The van der Waals surface area contributed by atoms with Crippen molar-refractivity contribution in [3.8, 4) is 24.2 Å². The van der Waals surface area contributed by atoms with Gasteiger partial charge in [0.2, 0.25) is 0 Å². The summed E-state index contributed by atoms with van der Waals surface area (Å²) in [5.41, 5.74) is 1.77. The number of rotatable bonds is 3. The van der Waals surface area contributed by atoms with Crippen molar-refractivity contribution in [2.45, 2.75) is 39.2 Å². The fourth-order valence-electron chi connectivity index (χ4n) is 1.85. The molecule has 4 nitrogen and oxygen atoms in total. The Bertz CT molecular complexity index is 496. The van der Waals surface area contributed by atoms with Crippen molar-refractivity contribution in [2.24, 2.45) is 0 Å². The highest BCUT2D eigenvalue weighted by Gasteiger charge is 2.22. The second-order valence-corrected chi connectivity index (χ2v) is 4.10. The first-order chi connectivity index (χ1) is 9.04. The highest BCUT2D eigenvalue weighted by atomic mass is 16.5. The maximum atomic E-state index is 11.0. The number of terminal acetylenes is 1. The van der Waals surface area contributed by atoms with Crippen LogP contribution in [-0.2, 0) is 19.1 Å². The first-order valence-electron chi connectivity index (χ1n) is 6.02. The molecule has 19 heavy (non-hydrogen) atoms. The molecule has 100 valence electrons. The van der Waals surface area contributed by atoms with Crippen LogP contribution in [0, 0.1) is 24.2 Å². The van der Waals surface area contributed by atoms with Gasteiger partial charge in [-0.05, 0) is 24.8 Å². The van der Waals surface area contributed by atoms with Crippen molar-refractivity contribution in [3.05, 3.63) is 11.1 Å². The van der Waals surface area contributed by atoms with E-state index in [2.05, 4.69) is 17.8 Å². The van der Waals surface area contributed by atoms with Gasteiger partial charge in [-0.15, -0.1) is 6.42 Å². The molecule has 1 aliphatic rings. The largest absolute Gasteiger partial charge is 0.453 e. The molecule has 0 saturated carbocycles. The number of carbonyl (C=O) groups is 2. The average molecular weight is 260 g/mol. The van der Waals surface area contributed by atoms with Crippen molar-refractivity contribution < 1.29 is 19.1 Å². The first kappa shape index (κ1) is 14.9. The maximum absolute atomic E-state index is 11.0. The lowest BCUT2D eigenvalue weighted by atomic mass is 10.1. The second-order valence-electron chi connectivity index (χ2n) is 4.10. The molecule has 0 amide bonds. The van der Waals surface area contributed by atoms with E-state index in [1.54, 1.807) is 0 Å². The zero-order valence-electron chi connectivity index (χ0n) is 11.1.